The van der Waals surface area contributed by atoms with Crippen LogP contribution in [0.15, 0.2) is 29.3 Å². The molecule has 4 rings (SSSR count). The summed E-state index contributed by atoms with van der Waals surface area (Å²) >= 11 is 5.87. The predicted molar refractivity (Wildman–Crippen MR) is 119 cm³/mol. The fourth-order valence-corrected chi connectivity index (χ4v) is 6.01. The number of aliphatic imine (C=N–C) groups is 1. The summed E-state index contributed by atoms with van der Waals surface area (Å²) < 4.78 is 18.2. The lowest BCUT2D eigenvalue weighted by molar-refractivity contribution is -0.00849. The predicted octanol–water partition coefficient (Wildman–Crippen LogP) is 1.65. The van der Waals surface area contributed by atoms with Gasteiger partial charge in [-0.3, -0.25) is 9.89 Å². The second kappa shape index (κ2) is 12.8. The van der Waals surface area contributed by atoms with Crippen LogP contribution in [-0.2, 0) is 13.3 Å². The molecule has 3 heterocycles. The normalized spacial score (nSPS) is 25.1. The van der Waals surface area contributed by atoms with Crippen LogP contribution < -0.4 is 10.6 Å². The molecule has 2 bridgehead atoms. The minimum Gasteiger partial charge on any atom is -0.372 e. The van der Waals surface area contributed by atoms with Crippen molar-refractivity contribution in [2.24, 2.45) is 4.99 Å². The summed E-state index contributed by atoms with van der Waals surface area (Å²) in [5.41, 5.74) is 1.07. The second-order valence-electron chi connectivity index (χ2n) is 7.26. The molecule has 9 heteroatoms. The second-order valence-corrected chi connectivity index (χ2v) is 10.4. The van der Waals surface area contributed by atoms with Gasteiger partial charge in [-0.15, -0.1) is 0 Å². The van der Waals surface area contributed by atoms with Gasteiger partial charge in [0, 0.05) is 56.5 Å². The number of nitrogens with zero attached hydrogens (tertiary/aromatic N) is 2. The van der Waals surface area contributed by atoms with Gasteiger partial charge in [0.15, 0.2) is 0 Å². The van der Waals surface area contributed by atoms with Crippen LogP contribution in [0.1, 0.15) is 12.0 Å². The van der Waals surface area contributed by atoms with E-state index in [1.807, 2.05) is 30.5 Å². The minimum absolute atomic E-state index is 0.726. The quantitative estimate of drug-likeness (QED) is 0.310. The summed E-state index contributed by atoms with van der Waals surface area (Å²) in [6, 6.07) is 8.58. The highest BCUT2D eigenvalue weighted by Crippen LogP contribution is 2.21. The molecule has 2 N–H and O–H groups in total. The fraction of sp³-hybridized carbons (Fsp3) is 0.650. The molecule has 162 valence electrons. The molecule has 1 aromatic carbocycles. The largest absolute Gasteiger partial charge is 0.501 e. The van der Waals surface area contributed by atoms with Gasteiger partial charge in [-0.1, -0.05) is 23.7 Å². The maximum absolute atomic E-state index is 6.05. The topological polar surface area (TPSA) is 67.4 Å². The van der Waals surface area contributed by atoms with E-state index in [4.69, 9.17) is 24.9 Å². The van der Waals surface area contributed by atoms with E-state index >= 15 is 0 Å². The maximum Gasteiger partial charge on any atom is 0.501 e. The SMILES string of the molecule is Clc1ccc(C=NCCNCCNCCC[Si]23OCCN(CCO2)CCO3)cc1. The molecule has 0 radical (unpaired) electrons. The molecule has 3 aliphatic rings. The summed E-state index contributed by atoms with van der Waals surface area (Å²) in [5, 5.41) is 7.63. The van der Waals surface area contributed by atoms with Crippen LogP contribution in [0.25, 0.3) is 0 Å². The number of halogens is 1. The van der Waals surface area contributed by atoms with Crippen LogP contribution in [0.3, 0.4) is 0 Å². The van der Waals surface area contributed by atoms with Crippen molar-refractivity contribution in [1.82, 2.24) is 15.5 Å². The Labute approximate surface area is 180 Å². The first-order chi connectivity index (χ1) is 14.3. The lowest BCUT2D eigenvalue weighted by Gasteiger charge is -2.38. The molecule has 3 saturated heterocycles. The monoisotopic (exact) mass is 440 g/mol. The van der Waals surface area contributed by atoms with Crippen molar-refractivity contribution in [2.45, 2.75) is 12.5 Å². The third kappa shape index (κ3) is 8.43. The lowest BCUT2D eigenvalue weighted by Crippen LogP contribution is -2.55. The van der Waals surface area contributed by atoms with E-state index in [1.54, 1.807) is 0 Å². The molecule has 0 aromatic heterocycles. The van der Waals surface area contributed by atoms with Gasteiger partial charge < -0.3 is 23.9 Å². The molecule has 0 unspecified atom stereocenters. The molecule has 0 spiro atoms. The highest BCUT2D eigenvalue weighted by molar-refractivity contribution is 6.60. The number of fused-ring (bicyclic) bond motifs is 6. The molecule has 3 aliphatic heterocycles. The van der Waals surface area contributed by atoms with Crippen molar-refractivity contribution in [1.29, 1.82) is 0 Å². The maximum atomic E-state index is 6.05. The molecular formula is C20H33ClN4O3Si. The molecule has 29 heavy (non-hydrogen) atoms. The number of hydrogen-bond acceptors (Lipinski definition) is 7. The Kier molecular flexibility index (Phi) is 10.0. The van der Waals surface area contributed by atoms with E-state index in [0.29, 0.717) is 0 Å². The molecule has 0 atom stereocenters. The Morgan fingerprint density at radius 2 is 1.55 bits per heavy atom. The van der Waals surface area contributed by atoms with Gasteiger partial charge in [0.05, 0.1) is 26.4 Å². The number of nitrogens with one attached hydrogen (secondary N) is 2. The lowest BCUT2D eigenvalue weighted by atomic mass is 10.2. The Morgan fingerprint density at radius 3 is 2.21 bits per heavy atom. The van der Waals surface area contributed by atoms with Crippen LogP contribution >= 0.6 is 11.6 Å². The van der Waals surface area contributed by atoms with Crippen LogP contribution in [0.5, 0.6) is 0 Å². The van der Waals surface area contributed by atoms with Crippen molar-refractivity contribution in [3.63, 3.8) is 0 Å². The zero-order chi connectivity index (χ0) is 20.2. The number of benzene rings is 1. The molecule has 0 saturated carbocycles. The Hall–Kier alpha value is -0.843. The average Bonchev–Trinajstić information content (AvgIpc) is 2.68. The van der Waals surface area contributed by atoms with Crippen molar-refractivity contribution in [2.75, 3.05) is 72.2 Å². The van der Waals surface area contributed by atoms with E-state index in [1.165, 1.54) is 0 Å². The van der Waals surface area contributed by atoms with Crippen molar-refractivity contribution >= 4 is 26.6 Å². The smallest absolute Gasteiger partial charge is 0.372 e. The van der Waals surface area contributed by atoms with Crippen molar-refractivity contribution in [3.05, 3.63) is 34.9 Å². The summed E-state index contributed by atoms with van der Waals surface area (Å²) in [4.78, 5) is 6.76. The van der Waals surface area contributed by atoms with Crippen LogP contribution in [0.4, 0.5) is 0 Å². The summed E-state index contributed by atoms with van der Waals surface area (Å²) in [6.07, 6.45) is 2.90. The van der Waals surface area contributed by atoms with Gasteiger partial charge in [0.25, 0.3) is 0 Å². The van der Waals surface area contributed by atoms with Crippen LogP contribution in [0, 0.1) is 0 Å². The van der Waals surface area contributed by atoms with E-state index in [9.17, 15) is 0 Å². The van der Waals surface area contributed by atoms with Crippen molar-refractivity contribution in [3.8, 4) is 0 Å². The van der Waals surface area contributed by atoms with Gasteiger partial charge in [-0.25, -0.2) is 0 Å². The van der Waals surface area contributed by atoms with E-state index < -0.39 is 8.80 Å². The van der Waals surface area contributed by atoms with E-state index in [-0.39, 0.29) is 0 Å². The van der Waals surface area contributed by atoms with Gasteiger partial charge in [0.1, 0.15) is 0 Å². The van der Waals surface area contributed by atoms with E-state index in [2.05, 4.69) is 20.5 Å². The minimum atomic E-state index is -2.45. The molecular weight excluding hydrogens is 408 g/mol. The van der Waals surface area contributed by atoms with E-state index in [0.717, 1.165) is 95.2 Å². The highest BCUT2D eigenvalue weighted by Gasteiger charge is 2.43. The summed E-state index contributed by atoms with van der Waals surface area (Å²) in [5.74, 6) is 0. The molecule has 0 aliphatic carbocycles. The third-order valence-corrected chi connectivity index (χ3v) is 8.18. The Morgan fingerprint density at radius 1 is 0.931 bits per heavy atom. The van der Waals surface area contributed by atoms with Gasteiger partial charge >= 0.3 is 8.80 Å². The first-order valence-electron chi connectivity index (χ1n) is 10.6. The first kappa shape index (κ1) is 22.8. The van der Waals surface area contributed by atoms with Gasteiger partial charge in [-0.05, 0) is 30.7 Å². The number of rotatable bonds is 11. The van der Waals surface area contributed by atoms with Crippen LogP contribution in [-0.4, -0.2) is 92.1 Å². The molecule has 7 nitrogen and oxygen atoms in total. The highest BCUT2D eigenvalue weighted by atomic mass is 35.5. The Bertz CT molecular complexity index is 594. The number of hydrogen-bond donors (Lipinski definition) is 2. The fourth-order valence-electron chi connectivity index (χ4n) is 3.39. The van der Waals surface area contributed by atoms with Gasteiger partial charge in [-0.2, -0.15) is 0 Å². The zero-order valence-corrected chi connectivity index (χ0v) is 18.8. The van der Waals surface area contributed by atoms with Gasteiger partial charge in [0.2, 0.25) is 0 Å². The Balaban J connectivity index is 1.19. The zero-order valence-electron chi connectivity index (χ0n) is 17.1. The van der Waals surface area contributed by atoms with Crippen LogP contribution in [0.2, 0.25) is 11.1 Å². The first-order valence-corrected chi connectivity index (χ1v) is 12.9. The summed E-state index contributed by atoms with van der Waals surface area (Å²) in [6.45, 7) is 9.62. The summed E-state index contributed by atoms with van der Waals surface area (Å²) in [7, 11) is -2.45. The standard InChI is InChI=1S/C20H33ClN4O3Si/c21-20-4-2-19(3-5-20)18-24-10-9-23-8-7-22-6-1-17-29-26-14-11-25(12-15-27-29)13-16-28-29/h2-5,18,22-23H,1,6-17H2. The average molecular weight is 441 g/mol. The molecule has 0 amide bonds. The molecule has 3 fully saturated rings. The third-order valence-electron chi connectivity index (χ3n) is 5.03. The van der Waals surface area contributed by atoms with Crippen molar-refractivity contribution < 1.29 is 13.3 Å². The molecule has 1 aromatic rings.